The van der Waals surface area contributed by atoms with Crippen molar-refractivity contribution in [1.82, 2.24) is 10.2 Å². The van der Waals surface area contributed by atoms with Crippen molar-refractivity contribution in [2.24, 2.45) is 0 Å². The van der Waals surface area contributed by atoms with Crippen LogP contribution in [0.15, 0.2) is 54.6 Å². The van der Waals surface area contributed by atoms with E-state index >= 15 is 0 Å². The van der Waals surface area contributed by atoms with E-state index in [0.717, 1.165) is 37.7 Å². The van der Waals surface area contributed by atoms with Gasteiger partial charge >= 0.3 is 0 Å². The van der Waals surface area contributed by atoms with Crippen molar-refractivity contribution < 1.29 is 9.47 Å². The Labute approximate surface area is 169 Å². The molecule has 0 aliphatic carbocycles. The second-order valence-electron chi connectivity index (χ2n) is 7.62. The summed E-state index contributed by atoms with van der Waals surface area (Å²) in [6, 6.07) is 15.2. The molecule has 0 amide bonds. The molecule has 1 aliphatic heterocycles. The van der Waals surface area contributed by atoms with Gasteiger partial charge in [0.25, 0.3) is 0 Å². The van der Waals surface area contributed by atoms with Gasteiger partial charge in [0.2, 0.25) is 0 Å². The van der Waals surface area contributed by atoms with Crippen molar-refractivity contribution in [3.8, 4) is 22.6 Å². The van der Waals surface area contributed by atoms with Crippen LogP contribution in [0, 0.1) is 0 Å². The lowest BCUT2D eigenvalue weighted by Gasteiger charge is -2.32. The van der Waals surface area contributed by atoms with Crippen LogP contribution in [0.4, 0.5) is 0 Å². The number of hydrogen-bond donors (Lipinski definition) is 1. The largest absolute Gasteiger partial charge is 0.493 e. The molecular formula is C24H32N2O2. The maximum Gasteiger partial charge on any atom is 0.161 e. The fraction of sp³-hybridized carbons (Fsp3) is 0.417. The molecule has 1 N–H and O–H groups in total. The lowest BCUT2D eigenvalue weighted by atomic mass is 9.97. The normalized spacial score (nSPS) is 15.4. The Morgan fingerprint density at radius 1 is 1.07 bits per heavy atom. The zero-order valence-corrected chi connectivity index (χ0v) is 17.3. The number of rotatable bonds is 8. The highest BCUT2D eigenvalue weighted by Gasteiger charge is 2.20. The average Bonchev–Trinajstić information content (AvgIpc) is 2.72. The summed E-state index contributed by atoms with van der Waals surface area (Å²) in [4.78, 5) is 2.49. The van der Waals surface area contributed by atoms with E-state index in [2.05, 4.69) is 60.1 Å². The molecule has 1 aliphatic rings. The van der Waals surface area contributed by atoms with E-state index in [0.29, 0.717) is 6.04 Å². The first kappa shape index (κ1) is 20.4. The topological polar surface area (TPSA) is 33.7 Å². The summed E-state index contributed by atoms with van der Waals surface area (Å²) in [6.07, 6.45) is 2.34. The van der Waals surface area contributed by atoms with Crippen LogP contribution in [0.25, 0.3) is 11.1 Å². The first-order valence-electron chi connectivity index (χ1n) is 10.0. The summed E-state index contributed by atoms with van der Waals surface area (Å²) in [7, 11) is 3.37. The predicted molar refractivity (Wildman–Crippen MR) is 116 cm³/mol. The van der Waals surface area contributed by atoms with Gasteiger partial charge in [0, 0.05) is 19.1 Å². The molecule has 2 aromatic carbocycles. The monoisotopic (exact) mass is 380 g/mol. The van der Waals surface area contributed by atoms with Crippen molar-refractivity contribution >= 4 is 0 Å². The van der Waals surface area contributed by atoms with Gasteiger partial charge in [-0.1, -0.05) is 42.5 Å². The third-order valence-corrected chi connectivity index (χ3v) is 5.36. The minimum Gasteiger partial charge on any atom is -0.493 e. The van der Waals surface area contributed by atoms with E-state index in [9.17, 15) is 0 Å². The molecule has 0 aromatic heterocycles. The van der Waals surface area contributed by atoms with Gasteiger partial charge in [0.05, 0.1) is 14.2 Å². The van der Waals surface area contributed by atoms with Crippen LogP contribution in [-0.4, -0.2) is 44.8 Å². The molecule has 0 spiro atoms. The Morgan fingerprint density at radius 2 is 1.71 bits per heavy atom. The quantitative estimate of drug-likeness (QED) is 0.684. The molecule has 0 radical (unpaired) electrons. The first-order valence-corrected chi connectivity index (χ1v) is 10.0. The van der Waals surface area contributed by atoms with Gasteiger partial charge < -0.3 is 14.8 Å². The number of ether oxygens (including phenoxy) is 2. The fourth-order valence-electron chi connectivity index (χ4n) is 3.88. The number of nitrogens with zero attached hydrogens (tertiary/aromatic N) is 1. The van der Waals surface area contributed by atoms with Crippen LogP contribution in [-0.2, 0) is 6.54 Å². The highest BCUT2D eigenvalue weighted by Crippen LogP contribution is 2.35. The maximum atomic E-state index is 5.54. The molecule has 28 heavy (non-hydrogen) atoms. The van der Waals surface area contributed by atoms with E-state index < -0.39 is 0 Å². The summed E-state index contributed by atoms with van der Waals surface area (Å²) < 4.78 is 11.1. The van der Waals surface area contributed by atoms with Crippen LogP contribution in [0.2, 0.25) is 0 Å². The Bertz CT molecular complexity index is 781. The molecule has 0 saturated carbocycles. The SMILES string of the molecule is C=C(C)CN1CCC(NCc2cc(OC)c(OC)cc2-c2ccccc2)CC1. The van der Waals surface area contributed by atoms with Crippen LogP contribution in [0.1, 0.15) is 25.3 Å². The summed E-state index contributed by atoms with van der Waals surface area (Å²) >= 11 is 0. The Hall–Kier alpha value is -2.30. The second kappa shape index (κ2) is 9.76. The molecule has 1 fully saturated rings. The van der Waals surface area contributed by atoms with E-state index in [4.69, 9.17) is 9.47 Å². The number of methoxy groups -OCH3 is 2. The third-order valence-electron chi connectivity index (χ3n) is 5.36. The number of benzene rings is 2. The van der Waals surface area contributed by atoms with Crippen molar-refractivity contribution in [2.75, 3.05) is 33.9 Å². The molecule has 1 saturated heterocycles. The minimum atomic E-state index is 0.540. The lowest BCUT2D eigenvalue weighted by Crippen LogP contribution is -2.42. The summed E-state index contributed by atoms with van der Waals surface area (Å²) in [5.41, 5.74) is 4.85. The molecule has 3 rings (SSSR count). The highest BCUT2D eigenvalue weighted by atomic mass is 16.5. The number of piperidine rings is 1. The van der Waals surface area contributed by atoms with Gasteiger partial charge in [-0.3, -0.25) is 4.90 Å². The zero-order chi connectivity index (χ0) is 19.9. The standard InChI is InChI=1S/C24H32N2O2/c1-18(2)17-26-12-10-21(11-13-26)25-16-20-14-23(27-3)24(28-4)15-22(20)19-8-6-5-7-9-19/h5-9,14-15,21,25H,1,10-13,16-17H2,2-4H3. The minimum absolute atomic E-state index is 0.540. The summed E-state index contributed by atoms with van der Waals surface area (Å²) in [6.45, 7) is 10.2. The molecule has 4 heteroatoms. The van der Waals surface area contributed by atoms with Gasteiger partial charge in [0.15, 0.2) is 11.5 Å². The van der Waals surface area contributed by atoms with Gasteiger partial charge in [-0.2, -0.15) is 0 Å². The van der Waals surface area contributed by atoms with Crippen molar-refractivity contribution in [2.45, 2.75) is 32.4 Å². The van der Waals surface area contributed by atoms with Crippen molar-refractivity contribution in [1.29, 1.82) is 0 Å². The number of likely N-dealkylation sites (tertiary alicyclic amines) is 1. The van der Waals surface area contributed by atoms with Gasteiger partial charge in [0.1, 0.15) is 0 Å². The second-order valence-corrected chi connectivity index (χ2v) is 7.62. The zero-order valence-electron chi connectivity index (χ0n) is 17.3. The maximum absolute atomic E-state index is 5.54. The Balaban J connectivity index is 1.73. The molecule has 2 aromatic rings. The first-order chi connectivity index (χ1) is 13.6. The van der Waals surface area contributed by atoms with Crippen LogP contribution >= 0.6 is 0 Å². The molecule has 150 valence electrons. The van der Waals surface area contributed by atoms with E-state index in [1.165, 1.54) is 35.1 Å². The van der Waals surface area contributed by atoms with E-state index in [1.54, 1.807) is 14.2 Å². The molecular weight excluding hydrogens is 348 g/mol. The van der Waals surface area contributed by atoms with Gasteiger partial charge in [-0.15, -0.1) is 0 Å². The van der Waals surface area contributed by atoms with Crippen molar-refractivity contribution in [3.05, 3.63) is 60.2 Å². The smallest absolute Gasteiger partial charge is 0.161 e. The Morgan fingerprint density at radius 3 is 2.32 bits per heavy atom. The average molecular weight is 381 g/mol. The van der Waals surface area contributed by atoms with Gasteiger partial charge in [-0.05, 0) is 61.7 Å². The third kappa shape index (κ3) is 5.15. The van der Waals surface area contributed by atoms with Crippen molar-refractivity contribution in [3.63, 3.8) is 0 Å². The van der Waals surface area contributed by atoms with Crippen LogP contribution in [0.5, 0.6) is 11.5 Å². The van der Waals surface area contributed by atoms with Gasteiger partial charge in [-0.25, -0.2) is 0 Å². The lowest BCUT2D eigenvalue weighted by molar-refractivity contribution is 0.211. The summed E-state index contributed by atoms with van der Waals surface area (Å²) in [5.74, 6) is 1.54. The number of hydrogen-bond acceptors (Lipinski definition) is 4. The summed E-state index contributed by atoms with van der Waals surface area (Å²) in [5, 5.41) is 3.77. The number of nitrogens with one attached hydrogen (secondary N) is 1. The van der Waals surface area contributed by atoms with Crippen LogP contribution < -0.4 is 14.8 Å². The molecule has 0 unspecified atom stereocenters. The van der Waals surface area contributed by atoms with E-state index in [1.807, 2.05) is 6.07 Å². The molecule has 0 bridgehead atoms. The fourth-order valence-corrected chi connectivity index (χ4v) is 3.88. The van der Waals surface area contributed by atoms with E-state index in [-0.39, 0.29) is 0 Å². The van der Waals surface area contributed by atoms with Crippen LogP contribution in [0.3, 0.4) is 0 Å². The molecule has 0 atom stereocenters. The molecule has 4 nitrogen and oxygen atoms in total. The Kier molecular flexibility index (Phi) is 7.12. The predicted octanol–water partition coefficient (Wildman–Crippen LogP) is 4.50. The molecule has 1 heterocycles. The highest BCUT2D eigenvalue weighted by molar-refractivity contribution is 5.71.